The molecular weight excluding hydrogens is 342 g/mol. The molecule has 0 aliphatic heterocycles. The molecule has 0 saturated carbocycles. The van der Waals surface area contributed by atoms with Gasteiger partial charge in [-0.3, -0.25) is 4.79 Å². The lowest BCUT2D eigenvalue weighted by molar-refractivity contribution is 0.101. The van der Waals surface area contributed by atoms with E-state index in [1.54, 1.807) is 30.0 Å². The molecule has 0 radical (unpaired) electrons. The van der Waals surface area contributed by atoms with Gasteiger partial charge in [-0.1, -0.05) is 41.6 Å². The molecular formula is C14H16ClN3O2S2. The normalized spacial score (nSPS) is 10.5. The first-order valence-electron chi connectivity index (χ1n) is 6.71. The number of hydrogen-bond donors (Lipinski definition) is 1. The lowest BCUT2D eigenvalue weighted by Gasteiger charge is -2.05. The number of carbonyl (C=O) groups is 1. The third kappa shape index (κ3) is 4.59. The van der Waals surface area contributed by atoms with Crippen LogP contribution in [0.15, 0.2) is 22.5 Å². The monoisotopic (exact) mass is 357 g/mol. The Kier molecular flexibility index (Phi) is 6.48. The number of hydrogen-bond acceptors (Lipinski definition) is 7. The summed E-state index contributed by atoms with van der Waals surface area (Å²) < 4.78 is 5.97. The third-order valence-electron chi connectivity index (χ3n) is 2.71. The molecule has 22 heavy (non-hydrogen) atoms. The van der Waals surface area contributed by atoms with E-state index >= 15 is 0 Å². The Labute approximate surface area is 142 Å². The number of rotatable bonds is 8. The van der Waals surface area contributed by atoms with Gasteiger partial charge in [0.15, 0.2) is 10.1 Å². The molecule has 2 aromatic rings. The third-order valence-corrected chi connectivity index (χ3v) is 5.23. The van der Waals surface area contributed by atoms with Gasteiger partial charge in [0.1, 0.15) is 5.75 Å². The van der Waals surface area contributed by atoms with E-state index in [4.69, 9.17) is 16.3 Å². The van der Waals surface area contributed by atoms with Crippen LogP contribution >= 0.6 is 34.7 Å². The van der Waals surface area contributed by atoms with Crippen molar-refractivity contribution >= 4 is 45.6 Å². The summed E-state index contributed by atoms with van der Waals surface area (Å²) in [6.07, 6.45) is 1.09. The quantitative estimate of drug-likeness (QED) is 0.569. The van der Waals surface area contributed by atoms with Gasteiger partial charge < -0.3 is 10.1 Å². The Morgan fingerprint density at radius 2 is 2.27 bits per heavy atom. The molecule has 0 aliphatic rings. The Bertz CT molecular complexity index is 649. The summed E-state index contributed by atoms with van der Waals surface area (Å²) in [6, 6.07) is 4.98. The van der Waals surface area contributed by atoms with Crippen LogP contribution in [0.5, 0.6) is 5.75 Å². The minimum absolute atomic E-state index is 0.0671. The van der Waals surface area contributed by atoms with Crippen molar-refractivity contribution in [3.8, 4) is 5.75 Å². The number of nitrogens with zero attached hydrogens (tertiary/aromatic N) is 2. The zero-order valence-electron chi connectivity index (χ0n) is 12.3. The fourth-order valence-corrected chi connectivity index (χ4v) is 3.56. The highest BCUT2D eigenvalue weighted by Gasteiger charge is 2.11. The van der Waals surface area contributed by atoms with Crippen LogP contribution in [0.4, 0.5) is 5.13 Å². The van der Waals surface area contributed by atoms with E-state index < -0.39 is 0 Å². The average Bonchev–Trinajstić information content (AvgIpc) is 2.98. The van der Waals surface area contributed by atoms with Crippen molar-refractivity contribution in [2.24, 2.45) is 0 Å². The molecule has 1 aromatic carbocycles. The standard InChI is InChI=1S/C14H16ClN3O2S2/c1-3-6-21-14-18-17-13(22-14)16-8-11(19)9-4-5-12(20-2)10(15)7-9/h4-5,7H,3,6,8H2,1-2H3,(H,16,17). The van der Waals surface area contributed by atoms with E-state index in [2.05, 4.69) is 22.4 Å². The summed E-state index contributed by atoms with van der Waals surface area (Å²) in [7, 11) is 1.54. The highest BCUT2D eigenvalue weighted by atomic mass is 35.5. The summed E-state index contributed by atoms with van der Waals surface area (Å²) in [4.78, 5) is 12.1. The summed E-state index contributed by atoms with van der Waals surface area (Å²) in [6.45, 7) is 2.27. The highest BCUT2D eigenvalue weighted by Crippen LogP contribution is 2.27. The number of benzene rings is 1. The Morgan fingerprint density at radius 1 is 1.45 bits per heavy atom. The number of halogens is 1. The number of ketones is 1. The van der Waals surface area contributed by atoms with Gasteiger partial charge in [0.25, 0.3) is 0 Å². The predicted octanol–water partition coefficient (Wildman–Crippen LogP) is 4.00. The lowest BCUT2D eigenvalue weighted by Crippen LogP contribution is -2.13. The molecule has 0 spiro atoms. The Balaban J connectivity index is 1.92. The molecule has 0 bridgehead atoms. The van der Waals surface area contributed by atoms with Crippen LogP contribution in [0.25, 0.3) is 0 Å². The van der Waals surface area contributed by atoms with E-state index in [1.165, 1.54) is 18.4 Å². The minimum atomic E-state index is -0.0671. The number of methoxy groups -OCH3 is 1. The second-order valence-corrected chi connectivity index (χ2v) is 7.07. The first kappa shape index (κ1) is 17.1. The fraction of sp³-hybridized carbons (Fsp3) is 0.357. The maximum Gasteiger partial charge on any atom is 0.206 e. The van der Waals surface area contributed by atoms with Crippen molar-refractivity contribution in [2.45, 2.75) is 17.7 Å². The van der Waals surface area contributed by atoms with Gasteiger partial charge in [0.05, 0.1) is 18.7 Å². The molecule has 5 nitrogen and oxygen atoms in total. The number of thioether (sulfide) groups is 1. The van der Waals surface area contributed by atoms with Gasteiger partial charge in [0.2, 0.25) is 5.13 Å². The second kappa shape index (κ2) is 8.36. The van der Waals surface area contributed by atoms with E-state index in [0.717, 1.165) is 16.5 Å². The highest BCUT2D eigenvalue weighted by molar-refractivity contribution is 8.01. The van der Waals surface area contributed by atoms with E-state index in [0.29, 0.717) is 21.5 Å². The van der Waals surface area contributed by atoms with Crippen LogP contribution in [-0.4, -0.2) is 35.4 Å². The second-order valence-electron chi connectivity index (χ2n) is 4.35. The van der Waals surface area contributed by atoms with Crippen LogP contribution in [-0.2, 0) is 0 Å². The van der Waals surface area contributed by atoms with Gasteiger partial charge in [-0.05, 0) is 24.6 Å². The molecule has 0 fully saturated rings. The van der Waals surface area contributed by atoms with Crippen LogP contribution < -0.4 is 10.1 Å². The van der Waals surface area contributed by atoms with Crippen molar-refractivity contribution < 1.29 is 9.53 Å². The molecule has 0 saturated heterocycles. The molecule has 2 rings (SSSR count). The molecule has 1 aromatic heterocycles. The van der Waals surface area contributed by atoms with Crippen LogP contribution in [0, 0.1) is 0 Å². The minimum Gasteiger partial charge on any atom is -0.495 e. The van der Waals surface area contributed by atoms with Crippen molar-refractivity contribution in [1.82, 2.24) is 10.2 Å². The summed E-state index contributed by atoms with van der Waals surface area (Å²) >= 11 is 9.14. The van der Waals surface area contributed by atoms with Crippen molar-refractivity contribution in [3.63, 3.8) is 0 Å². The van der Waals surface area contributed by atoms with Gasteiger partial charge in [-0.25, -0.2) is 0 Å². The first-order chi connectivity index (χ1) is 10.6. The molecule has 1 heterocycles. The van der Waals surface area contributed by atoms with Crippen LogP contribution in [0.1, 0.15) is 23.7 Å². The zero-order valence-corrected chi connectivity index (χ0v) is 14.6. The van der Waals surface area contributed by atoms with Gasteiger partial charge in [-0.2, -0.15) is 0 Å². The Hall–Kier alpha value is -1.31. The van der Waals surface area contributed by atoms with Gasteiger partial charge >= 0.3 is 0 Å². The summed E-state index contributed by atoms with van der Waals surface area (Å²) in [5.41, 5.74) is 0.531. The first-order valence-corrected chi connectivity index (χ1v) is 8.89. The largest absolute Gasteiger partial charge is 0.495 e. The molecule has 8 heteroatoms. The van der Waals surface area contributed by atoms with E-state index in [-0.39, 0.29) is 12.3 Å². The van der Waals surface area contributed by atoms with Gasteiger partial charge in [-0.15, -0.1) is 10.2 Å². The average molecular weight is 358 g/mol. The van der Waals surface area contributed by atoms with Crippen molar-refractivity contribution in [1.29, 1.82) is 0 Å². The summed E-state index contributed by atoms with van der Waals surface area (Å²) in [5, 5.41) is 12.1. The molecule has 118 valence electrons. The van der Waals surface area contributed by atoms with Gasteiger partial charge in [0, 0.05) is 11.3 Å². The smallest absolute Gasteiger partial charge is 0.206 e. The number of ether oxygens (including phenoxy) is 1. The number of anilines is 1. The Morgan fingerprint density at radius 3 is 2.95 bits per heavy atom. The van der Waals surface area contributed by atoms with Crippen molar-refractivity contribution in [2.75, 3.05) is 24.7 Å². The van der Waals surface area contributed by atoms with Crippen LogP contribution in [0.3, 0.4) is 0 Å². The molecule has 0 unspecified atom stereocenters. The number of aromatic nitrogens is 2. The zero-order chi connectivity index (χ0) is 15.9. The SMILES string of the molecule is CCCSc1nnc(NCC(=O)c2ccc(OC)c(Cl)c2)s1. The molecule has 0 aliphatic carbocycles. The molecule has 0 atom stereocenters. The molecule has 1 N–H and O–H groups in total. The van der Waals surface area contributed by atoms with Crippen molar-refractivity contribution in [3.05, 3.63) is 28.8 Å². The number of carbonyl (C=O) groups excluding carboxylic acids is 1. The number of nitrogens with one attached hydrogen (secondary N) is 1. The van der Waals surface area contributed by atoms with E-state index in [9.17, 15) is 4.79 Å². The topological polar surface area (TPSA) is 64.1 Å². The predicted molar refractivity (Wildman–Crippen MR) is 91.7 cm³/mol. The number of Topliss-reactive ketones (excluding diaryl/α,β-unsaturated/α-hetero) is 1. The maximum atomic E-state index is 12.1. The lowest BCUT2D eigenvalue weighted by atomic mass is 10.1. The van der Waals surface area contributed by atoms with E-state index in [1.807, 2.05) is 0 Å². The maximum absolute atomic E-state index is 12.1. The molecule has 0 amide bonds. The van der Waals surface area contributed by atoms with Crippen LogP contribution in [0.2, 0.25) is 5.02 Å². The summed E-state index contributed by atoms with van der Waals surface area (Å²) in [5.74, 6) is 1.49. The fourth-order valence-electron chi connectivity index (χ4n) is 1.63.